The van der Waals surface area contributed by atoms with Gasteiger partial charge in [-0.15, -0.1) is 0 Å². The zero-order chi connectivity index (χ0) is 13.1. The smallest absolute Gasteiger partial charge is 0.312 e. The number of rotatable bonds is 4. The molecule has 0 aliphatic carbocycles. The maximum atomic E-state index is 10.3. The van der Waals surface area contributed by atoms with E-state index in [9.17, 15) is 4.79 Å². The van der Waals surface area contributed by atoms with Crippen molar-refractivity contribution in [2.24, 2.45) is 5.73 Å². The molecule has 0 saturated heterocycles. The predicted octanol–water partition coefficient (Wildman–Crippen LogP) is 0.257. The first-order chi connectivity index (χ1) is 8.06. The molecule has 0 heterocycles. The average Bonchev–Trinajstić information content (AvgIpc) is 2.30. The monoisotopic (exact) mass is 240 g/mol. The number of aliphatic hydroxyl groups is 2. The highest BCUT2D eigenvalue weighted by molar-refractivity contribution is 5.71. The Morgan fingerprint density at radius 3 is 2.35 bits per heavy atom. The number of carbonyl (C=O) groups is 1. The van der Waals surface area contributed by atoms with Gasteiger partial charge in [-0.1, -0.05) is 30.3 Å². The third-order valence-electron chi connectivity index (χ3n) is 1.82. The van der Waals surface area contributed by atoms with Crippen molar-refractivity contribution in [1.82, 2.24) is 5.32 Å². The van der Waals surface area contributed by atoms with E-state index in [0.717, 1.165) is 6.42 Å². The van der Waals surface area contributed by atoms with Gasteiger partial charge in [-0.3, -0.25) is 0 Å². The lowest BCUT2D eigenvalue weighted by atomic mass is 10.1. The van der Waals surface area contributed by atoms with E-state index in [0.29, 0.717) is 6.54 Å². The molecule has 1 aromatic carbocycles. The van der Waals surface area contributed by atoms with Crippen molar-refractivity contribution in [3.05, 3.63) is 35.9 Å². The van der Waals surface area contributed by atoms with E-state index in [2.05, 4.69) is 5.32 Å². The minimum absolute atomic E-state index is 0.139. The van der Waals surface area contributed by atoms with Crippen LogP contribution in [0.15, 0.2) is 30.3 Å². The average molecular weight is 240 g/mol. The molecular weight excluding hydrogens is 220 g/mol. The van der Waals surface area contributed by atoms with Crippen LogP contribution >= 0.6 is 0 Å². The van der Waals surface area contributed by atoms with Crippen LogP contribution in [0.25, 0.3) is 0 Å². The van der Waals surface area contributed by atoms with Crippen LogP contribution in [0, 0.1) is 0 Å². The summed E-state index contributed by atoms with van der Waals surface area (Å²) in [6.07, 6.45) is 0.263. The molecule has 5 nitrogen and oxygen atoms in total. The molecule has 17 heavy (non-hydrogen) atoms. The zero-order valence-electron chi connectivity index (χ0n) is 9.97. The molecule has 1 rings (SSSR count). The Balaban J connectivity index is 0.000000437. The molecule has 1 unspecified atom stereocenters. The molecule has 0 aliphatic rings. The second kappa shape index (κ2) is 9.62. The van der Waals surface area contributed by atoms with Gasteiger partial charge in [0.05, 0.1) is 12.7 Å². The van der Waals surface area contributed by atoms with Crippen LogP contribution in [0.1, 0.15) is 12.5 Å². The number of urea groups is 1. The van der Waals surface area contributed by atoms with Gasteiger partial charge in [0.25, 0.3) is 0 Å². The molecule has 5 heteroatoms. The Bertz CT molecular complexity index is 302. The second-order valence-electron chi connectivity index (χ2n) is 3.56. The molecule has 1 aromatic rings. The van der Waals surface area contributed by atoms with Gasteiger partial charge in [0.15, 0.2) is 0 Å². The minimum Gasteiger partial charge on any atom is -0.394 e. The highest BCUT2D eigenvalue weighted by Gasteiger charge is 1.92. The van der Waals surface area contributed by atoms with Gasteiger partial charge in [0.1, 0.15) is 0 Å². The highest BCUT2D eigenvalue weighted by atomic mass is 16.3. The van der Waals surface area contributed by atoms with Crippen molar-refractivity contribution in [3.63, 3.8) is 0 Å². The van der Waals surface area contributed by atoms with E-state index in [1.807, 2.05) is 30.3 Å². The van der Waals surface area contributed by atoms with Crippen molar-refractivity contribution in [3.8, 4) is 0 Å². The van der Waals surface area contributed by atoms with E-state index >= 15 is 0 Å². The molecule has 96 valence electrons. The lowest BCUT2D eigenvalue weighted by Gasteiger charge is -2.00. The van der Waals surface area contributed by atoms with Gasteiger partial charge in [-0.2, -0.15) is 0 Å². The molecule has 0 aliphatic heterocycles. The summed E-state index contributed by atoms with van der Waals surface area (Å²) in [6, 6.07) is 9.47. The Labute approximate surface area is 101 Å². The number of nitrogens with two attached hydrogens (primary N) is 1. The lowest BCUT2D eigenvalue weighted by molar-refractivity contribution is 0.110. The topological polar surface area (TPSA) is 95.6 Å². The summed E-state index contributed by atoms with van der Waals surface area (Å²) >= 11 is 0. The first kappa shape index (κ1) is 15.4. The maximum Gasteiger partial charge on any atom is 0.312 e. The van der Waals surface area contributed by atoms with E-state index in [1.54, 1.807) is 0 Å². The van der Waals surface area contributed by atoms with Crippen LogP contribution in [0.2, 0.25) is 0 Å². The summed E-state index contributed by atoms with van der Waals surface area (Å²) in [6.45, 7) is 1.99. The Hall–Kier alpha value is -1.59. The summed E-state index contributed by atoms with van der Waals surface area (Å²) in [5.41, 5.74) is 6.11. The fourth-order valence-corrected chi connectivity index (χ4v) is 0.975. The molecule has 0 spiro atoms. The lowest BCUT2D eigenvalue weighted by Crippen LogP contribution is -2.30. The minimum atomic E-state index is -0.560. The standard InChI is InChI=1S/C9H12N2O.C3H8O2/c10-9(12)11-7-6-8-4-2-1-3-5-8;1-3(5)2-4/h1-5H,6-7H2,(H3,10,11,12);3-5H,2H2,1H3. The fraction of sp³-hybridized carbons (Fsp3) is 0.417. The van der Waals surface area contributed by atoms with Crippen LogP contribution < -0.4 is 11.1 Å². The van der Waals surface area contributed by atoms with Crippen molar-refractivity contribution in [1.29, 1.82) is 0 Å². The Morgan fingerprint density at radius 1 is 1.41 bits per heavy atom. The van der Waals surface area contributed by atoms with Gasteiger partial charge in [-0.05, 0) is 18.9 Å². The van der Waals surface area contributed by atoms with Crippen LogP contribution in [-0.4, -0.2) is 35.5 Å². The third-order valence-corrected chi connectivity index (χ3v) is 1.82. The normalized spacial score (nSPS) is 11.0. The number of hydrogen-bond acceptors (Lipinski definition) is 3. The van der Waals surface area contributed by atoms with Crippen LogP contribution in [0.3, 0.4) is 0 Å². The van der Waals surface area contributed by atoms with Crippen molar-refractivity contribution < 1.29 is 15.0 Å². The number of carbonyl (C=O) groups excluding carboxylic acids is 1. The zero-order valence-corrected chi connectivity index (χ0v) is 9.97. The van der Waals surface area contributed by atoms with Gasteiger partial charge in [-0.25, -0.2) is 4.79 Å². The molecule has 0 bridgehead atoms. The summed E-state index contributed by atoms with van der Waals surface area (Å²) in [5, 5.41) is 18.5. The van der Waals surface area contributed by atoms with Crippen LogP contribution in [-0.2, 0) is 6.42 Å². The first-order valence-electron chi connectivity index (χ1n) is 5.42. The summed E-state index contributed by atoms with van der Waals surface area (Å²) in [7, 11) is 0. The van der Waals surface area contributed by atoms with Gasteiger partial charge in [0, 0.05) is 6.54 Å². The molecule has 1 atom stereocenters. The first-order valence-corrected chi connectivity index (χ1v) is 5.42. The molecule has 0 saturated carbocycles. The second-order valence-corrected chi connectivity index (χ2v) is 3.56. The summed E-state index contributed by atoms with van der Waals surface area (Å²) in [5.74, 6) is 0. The summed E-state index contributed by atoms with van der Waals surface area (Å²) < 4.78 is 0. The number of benzene rings is 1. The quantitative estimate of drug-likeness (QED) is 0.607. The summed E-state index contributed by atoms with van der Waals surface area (Å²) in [4.78, 5) is 10.3. The van der Waals surface area contributed by atoms with Gasteiger partial charge < -0.3 is 21.3 Å². The Morgan fingerprint density at radius 2 is 1.94 bits per heavy atom. The molecule has 5 N–H and O–H groups in total. The van der Waals surface area contributed by atoms with E-state index < -0.39 is 12.1 Å². The van der Waals surface area contributed by atoms with Crippen LogP contribution in [0.4, 0.5) is 4.79 Å². The number of amides is 2. The molecule has 0 radical (unpaired) electrons. The number of nitrogens with one attached hydrogen (secondary N) is 1. The number of hydrogen-bond donors (Lipinski definition) is 4. The molecule has 0 aromatic heterocycles. The van der Waals surface area contributed by atoms with Crippen molar-refractivity contribution in [2.45, 2.75) is 19.4 Å². The number of primary amides is 1. The van der Waals surface area contributed by atoms with Crippen molar-refractivity contribution in [2.75, 3.05) is 13.2 Å². The maximum absolute atomic E-state index is 10.3. The predicted molar refractivity (Wildman–Crippen MR) is 66.5 cm³/mol. The van der Waals surface area contributed by atoms with E-state index in [1.165, 1.54) is 12.5 Å². The Kier molecular flexibility index (Phi) is 8.72. The fourth-order valence-electron chi connectivity index (χ4n) is 0.975. The van der Waals surface area contributed by atoms with Crippen molar-refractivity contribution >= 4 is 6.03 Å². The van der Waals surface area contributed by atoms with Gasteiger partial charge in [0.2, 0.25) is 0 Å². The molecule has 0 fully saturated rings. The van der Waals surface area contributed by atoms with E-state index in [-0.39, 0.29) is 6.61 Å². The molecule has 2 amide bonds. The largest absolute Gasteiger partial charge is 0.394 e. The van der Waals surface area contributed by atoms with Crippen LogP contribution in [0.5, 0.6) is 0 Å². The third kappa shape index (κ3) is 10.7. The highest BCUT2D eigenvalue weighted by Crippen LogP contribution is 1.97. The number of aliphatic hydroxyl groups excluding tert-OH is 2. The van der Waals surface area contributed by atoms with E-state index in [4.69, 9.17) is 15.9 Å². The van der Waals surface area contributed by atoms with Gasteiger partial charge >= 0.3 is 6.03 Å². The SMILES string of the molecule is CC(O)CO.NC(=O)NCCc1ccccc1. The molecular formula is C12H20N2O3.